The van der Waals surface area contributed by atoms with E-state index in [2.05, 4.69) is 37.3 Å². The van der Waals surface area contributed by atoms with Crippen molar-refractivity contribution in [3.63, 3.8) is 0 Å². The second-order valence-electron chi connectivity index (χ2n) is 7.74. The molecule has 27 heavy (non-hydrogen) atoms. The minimum absolute atomic E-state index is 0.767. The molecule has 1 saturated heterocycles. The first-order chi connectivity index (χ1) is 13.3. The topological polar surface area (TPSA) is 18.5 Å². The molecule has 0 radical (unpaired) electrons. The molecule has 0 spiro atoms. The predicted molar refractivity (Wildman–Crippen MR) is 111 cm³/mol. The van der Waals surface area contributed by atoms with Gasteiger partial charge in [-0.3, -0.25) is 0 Å². The van der Waals surface area contributed by atoms with E-state index in [0.29, 0.717) is 0 Å². The Morgan fingerprint density at radius 2 is 1.41 bits per heavy atom. The summed E-state index contributed by atoms with van der Waals surface area (Å²) in [5.74, 6) is 1.87. The van der Waals surface area contributed by atoms with E-state index in [1.807, 2.05) is 24.3 Å². The molecular weight excluding hydrogens is 334 g/mol. The quantitative estimate of drug-likeness (QED) is 0.410. The molecule has 0 unspecified atom stereocenters. The van der Waals surface area contributed by atoms with Crippen LogP contribution in [0.4, 0.5) is 0 Å². The summed E-state index contributed by atoms with van der Waals surface area (Å²) < 4.78 is 13.0. The molecule has 0 saturated carbocycles. The lowest BCUT2D eigenvalue weighted by molar-refractivity contribution is -0.945. The van der Waals surface area contributed by atoms with Crippen LogP contribution in [0, 0.1) is 0 Å². The molecule has 1 fully saturated rings. The lowest BCUT2D eigenvalue weighted by Gasteiger charge is -2.41. The van der Waals surface area contributed by atoms with E-state index in [1.165, 1.54) is 37.9 Å². The van der Waals surface area contributed by atoms with Crippen molar-refractivity contribution >= 4 is 0 Å². The third-order valence-electron chi connectivity index (χ3n) is 5.55. The molecule has 2 aromatic rings. The molecular formula is C24H34NO2+. The number of unbranched alkanes of at least 4 members (excludes halogenated alkanes) is 1. The van der Waals surface area contributed by atoms with E-state index in [-0.39, 0.29) is 0 Å². The summed E-state index contributed by atoms with van der Waals surface area (Å²) in [5.41, 5.74) is 1.44. The van der Waals surface area contributed by atoms with Gasteiger partial charge in [-0.25, -0.2) is 0 Å². The number of hydrogen-bond acceptors (Lipinski definition) is 2. The molecule has 1 heterocycles. The molecule has 0 atom stereocenters. The number of ether oxygens (including phenoxy) is 2. The van der Waals surface area contributed by atoms with E-state index in [1.54, 1.807) is 0 Å². The zero-order valence-electron chi connectivity index (χ0n) is 16.7. The Morgan fingerprint density at radius 1 is 0.778 bits per heavy atom. The maximum Gasteiger partial charge on any atom is 0.137 e. The van der Waals surface area contributed by atoms with Gasteiger partial charge in [-0.05, 0) is 49.9 Å². The highest BCUT2D eigenvalue weighted by molar-refractivity contribution is 5.31. The fourth-order valence-corrected chi connectivity index (χ4v) is 3.94. The SMILES string of the molecule is CCCCOc1ccc(OCC[N+]2(Cc3ccccc3)CCCCC2)cc1. The Hall–Kier alpha value is -2.00. The van der Waals surface area contributed by atoms with Crippen molar-refractivity contribution in [1.29, 1.82) is 0 Å². The summed E-state index contributed by atoms with van der Waals surface area (Å²) >= 11 is 0. The van der Waals surface area contributed by atoms with Crippen LogP contribution >= 0.6 is 0 Å². The maximum atomic E-state index is 6.08. The average molecular weight is 369 g/mol. The Labute approximate surface area is 164 Å². The minimum atomic E-state index is 0.767. The lowest BCUT2D eigenvalue weighted by atomic mass is 10.1. The van der Waals surface area contributed by atoms with Gasteiger partial charge < -0.3 is 14.0 Å². The Kier molecular flexibility index (Phi) is 7.58. The molecule has 1 aliphatic heterocycles. The van der Waals surface area contributed by atoms with Gasteiger partial charge in [-0.2, -0.15) is 0 Å². The fourth-order valence-electron chi connectivity index (χ4n) is 3.94. The van der Waals surface area contributed by atoms with Crippen LogP contribution in [-0.2, 0) is 6.54 Å². The van der Waals surface area contributed by atoms with E-state index in [0.717, 1.165) is 55.1 Å². The van der Waals surface area contributed by atoms with Gasteiger partial charge in [0.2, 0.25) is 0 Å². The highest BCUT2D eigenvalue weighted by Crippen LogP contribution is 2.23. The molecule has 0 N–H and O–H groups in total. The van der Waals surface area contributed by atoms with Crippen molar-refractivity contribution < 1.29 is 14.0 Å². The number of benzene rings is 2. The van der Waals surface area contributed by atoms with Crippen molar-refractivity contribution in [3.05, 3.63) is 60.2 Å². The zero-order valence-corrected chi connectivity index (χ0v) is 16.7. The van der Waals surface area contributed by atoms with Crippen LogP contribution in [0.25, 0.3) is 0 Å². The molecule has 0 aliphatic carbocycles. The third kappa shape index (κ3) is 6.28. The number of piperidine rings is 1. The Balaban J connectivity index is 1.51. The Bertz CT molecular complexity index is 648. The van der Waals surface area contributed by atoms with Gasteiger partial charge in [0.05, 0.1) is 19.7 Å². The third-order valence-corrected chi connectivity index (χ3v) is 5.55. The van der Waals surface area contributed by atoms with Crippen LogP contribution in [0.3, 0.4) is 0 Å². The molecule has 146 valence electrons. The molecule has 0 aromatic heterocycles. The number of quaternary nitrogens is 1. The second-order valence-corrected chi connectivity index (χ2v) is 7.74. The second kappa shape index (κ2) is 10.4. The average Bonchev–Trinajstić information content (AvgIpc) is 2.71. The smallest absolute Gasteiger partial charge is 0.137 e. The van der Waals surface area contributed by atoms with Gasteiger partial charge in [0.1, 0.15) is 31.2 Å². The zero-order chi connectivity index (χ0) is 18.8. The van der Waals surface area contributed by atoms with Crippen LogP contribution in [0.15, 0.2) is 54.6 Å². The van der Waals surface area contributed by atoms with Crippen molar-refractivity contribution in [3.8, 4) is 11.5 Å². The van der Waals surface area contributed by atoms with Crippen LogP contribution < -0.4 is 9.47 Å². The fraction of sp³-hybridized carbons (Fsp3) is 0.500. The molecule has 1 aliphatic rings. The van der Waals surface area contributed by atoms with Crippen LogP contribution in [0.5, 0.6) is 11.5 Å². The van der Waals surface area contributed by atoms with Gasteiger partial charge >= 0.3 is 0 Å². The van der Waals surface area contributed by atoms with Crippen molar-refractivity contribution in [2.45, 2.75) is 45.6 Å². The molecule has 3 heteroatoms. The minimum Gasteiger partial charge on any atom is -0.494 e. The normalized spacial score (nSPS) is 16.0. The van der Waals surface area contributed by atoms with Crippen LogP contribution in [-0.4, -0.2) is 37.3 Å². The lowest BCUT2D eigenvalue weighted by Crippen LogP contribution is -2.52. The van der Waals surface area contributed by atoms with Crippen LogP contribution in [0.1, 0.15) is 44.6 Å². The van der Waals surface area contributed by atoms with E-state index >= 15 is 0 Å². The predicted octanol–water partition coefficient (Wildman–Crippen LogP) is 5.45. The van der Waals surface area contributed by atoms with E-state index in [9.17, 15) is 0 Å². The van der Waals surface area contributed by atoms with Crippen molar-refractivity contribution in [2.75, 3.05) is 32.8 Å². The molecule has 3 rings (SSSR count). The number of likely N-dealkylation sites (tertiary alicyclic amines) is 1. The van der Waals surface area contributed by atoms with Crippen LogP contribution in [0.2, 0.25) is 0 Å². The van der Waals surface area contributed by atoms with Gasteiger partial charge in [-0.15, -0.1) is 0 Å². The molecule has 0 bridgehead atoms. The number of rotatable bonds is 10. The van der Waals surface area contributed by atoms with E-state index < -0.39 is 0 Å². The van der Waals surface area contributed by atoms with E-state index in [4.69, 9.17) is 9.47 Å². The van der Waals surface area contributed by atoms with Gasteiger partial charge in [0.25, 0.3) is 0 Å². The van der Waals surface area contributed by atoms with Gasteiger partial charge in [-0.1, -0.05) is 43.7 Å². The first kappa shape index (κ1) is 19.8. The highest BCUT2D eigenvalue weighted by Gasteiger charge is 2.30. The standard InChI is InChI=1S/C24H34NO2/c1-2-3-19-26-23-12-14-24(15-13-23)27-20-18-25(16-8-5-9-17-25)21-22-10-6-4-7-11-22/h4,6-7,10-15H,2-3,5,8-9,16-21H2,1H3/q+1. The monoisotopic (exact) mass is 368 g/mol. The summed E-state index contributed by atoms with van der Waals surface area (Å²) in [7, 11) is 0. The van der Waals surface area contributed by atoms with Gasteiger partial charge in [0, 0.05) is 5.56 Å². The summed E-state index contributed by atoms with van der Waals surface area (Å²) in [6, 6.07) is 19.0. The summed E-state index contributed by atoms with van der Waals surface area (Å²) in [6.45, 7) is 8.46. The van der Waals surface area contributed by atoms with Crippen molar-refractivity contribution in [2.24, 2.45) is 0 Å². The van der Waals surface area contributed by atoms with Crippen molar-refractivity contribution in [1.82, 2.24) is 0 Å². The first-order valence-electron chi connectivity index (χ1n) is 10.5. The molecule has 2 aromatic carbocycles. The highest BCUT2D eigenvalue weighted by atomic mass is 16.5. The summed E-state index contributed by atoms with van der Waals surface area (Å²) in [5, 5.41) is 0. The number of nitrogens with zero attached hydrogens (tertiary/aromatic N) is 1. The maximum absolute atomic E-state index is 6.08. The first-order valence-corrected chi connectivity index (χ1v) is 10.5. The summed E-state index contributed by atoms with van der Waals surface area (Å²) in [4.78, 5) is 0. The van der Waals surface area contributed by atoms with Gasteiger partial charge in [0.15, 0.2) is 0 Å². The molecule has 0 amide bonds. The Morgan fingerprint density at radius 3 is 2.04 bits per heavy atom. The number of hydrogen-bond donors (Lipinski definition) is 0. The molecule has 3 nitrogen and oxygen atoms in total. The summed E-state index contributed by atoms with van der Waals surface area (Å²) in [6.07, 6.45) is 6.28. The largest absolute Gasteiger partial charge is 0.494 e.